The van der Waals surface area contributed by atoms with Crippen LogP contribution in [0.2, 0.25) is 0 Å². The lowest BCUT2D eigenvalue weighted by Crippen LogP contribution is -2.50. The van der Waals surface area contributed by atoms with E-state index in [4.69, 9.17) is 14.2 Å². The van der Waals surface area contributed by atoms with Gasteiger partial charge < -0.3 is 23.8 Å². The molecular weight excluding hydrogens is 811 g/mol. The van der Waals surface area contributed by atoms with Crippen LogP contribution in [-0.4, -0.2) is 80.6 Å². The van der Waals surface area contributed by atoms with E-state index in [1.54, 1.807) is 0 Å². The average molecular weight is 922 g/mol. The van der Waals surface area contributed by atoms with Gasteiger partial charge in [-0.05, 0) is 38.5 Å². The smallest absolute Gasteiger partial charge is 0.362 e. The molecule has 384 valence electrons. The lowest BCUT2D eigenvalue weighted by atomic mass is 10.0. The number of rotatable bonds is 52. The van der Waals surface area contributed by atoms with Crippen LogP contribution in [0.15, 0.2) is 12.2 Å². The Morgan fingerprint density at radius 3 is 1.11 bits per heavy atom. The molecule has 0 bridgehead atoms. The van der Waals surface area contributed by atoms with Crippen molar-refractivity contribution in [3.63, 3.8) is 0 Å². The fourth-order valence-corrected chi connectivity index (χ4v) is 8.80. The molecule has 0 aromatic heterocycles. The highest BCUT2D eigenvalue weighted by atomic mass is 16.6. The minimum Gasteiger partial charge on any atom is -0.477 e. The molecule has 0 heterocycles. The molecule has 0 saturated heterocycles. The largest absolute Gasteiger partial charge is 0.477 e. The highest BCUT2D eigenvalue weighted by Gasteiger charge is 2.31. The molecule has 0 aliphatic carbocycles. The third-order valence-electron chi connectivity index (χ3n) is 13.2. The maximum Gasteiger partial charge on any atom is 0.362 e. The van der Waals surface area contributed by atoms with Gasteiger partial charge >= 0.3 is 17.9 Å². The van der Waals surface area contributed by atoms with E-state index in [2.05, 4.69) is 26.0 Å². The van der Waals surface area contributed by atoms with Gasteiger partial charge in [-0.1, -0.05) is 238 Å². The average Bonchev–Trinajstić information content (AvgIpc) is 3.27. The number of carboxylic acids is 1. The Labute approximate surface area is 403 Å². The molecule has 0 aliphatic heterocycles. The Bertz CT molecular complexity index is 1070. The molecule has 0 aromatic carbocycles. The van der Waals surface area contributed by atoms with Crippen LogP contribution in [0.3, 0.4) is 0 Å². The van der Waals surface area contributed by atoms with E-state index in [0.29, 0.717) is 19.3 Å². The summed E-state index contributed by atoms with van der Waals surface area (Å²) in [5.74, 6) is -1.45. The Hall–Kier alpha value is -1.93. The number of unbranched alkanes of at least 4 members (excludes halogenated alkanes) is 36. The lowest BCUT2D eigenvalue weighted by molar-refractivity contribution is -0.887. The summed E-state index contributed by atoms with van der Waals surface area (Å²) in [7, 11) is 5.55. The minimum atomic E-state index is -0.870. The van der Waals surface area contributed by atoms with Crippen LogP contribution < -0.4 is 0 Å². The van der Waals surface area contributed by atoms with Crippen LogP contribution in [0.5, 0.6) is 0 Å². The predicted octanol–water partition coefficient (Wildman–Crippen LogP) is 16.6. The first-order chi connectivity index (χ1) is 31.6. The lowest BCUT2D eigenvalue weighted by Gasteiger charge is -2.31. The molecule has 65 heavy (non-hydrogen) atoms. The zero-order valence-electron chi connectivity index (χ0n) is 44.0. The number of ether oxygens (including phenoxy) is 3. The number of aliphatic carboxylic acids is 1. The van der Waals surface area contributed by atoms with Crippen molar-refractivity contribution in [2.75, 3.05) is 41.0 Å². The predicted molar refractivity (Wildman–Crippen MR) is 276 cm³/mol. The second-order valence-corrected chi connectivity index (χ2v) is 20.6. The summed E-state index contributed by atoms with van der Waals surface area (Å²) in [6.07, 6.45) is 55.6. The molecule has 0 aliphatic rings. The number of likely N-dealkylation sites (N-methyl/N-ethyl adjacent to an activating group) is 1. The quantitative estimate of drug-likeness (QED) is 0.0281. The Morgan fingerprint density at radius 2 is 0.769 bits per heavy atom. The van der Waals surface area contributed by atoms with Crippen molar-refractivity contribution in [2.45, 2.75) is 296 Å². The molecule has 0 amide bonds. The van der Waals surface area contributed by atoms with Crippen molar-refractivity contribution in [2.24, 2.45) is 0 Å². The molecular formula is C57H110NO7+. The van der Waals surface area contributed by atoms with E-state index in [1.165, 1.54) is 212 Å². The molecule has 0 saturated carbocycles. The standard InChI is InChI=1S/C57H109NO7/c1-6-8-10-12-14-16-18-20-22-24-26-28-30-31-33-35-37-39-41-43-45-47-55(59)64-52-53(51-63-50-49-54(57(61)62)58(3,4)5)65-56(60)48-46-44-42-40-38-36-34-32-29-27-25-23-21-19-17-15-13-11-9-7-2/h27,29,53-54H,6-26,28,30-52H2,1-5H3/p+1/b29-27+. The summed E-state index contributed by atoms with van der Waals surface area (Å²) in [4.78, 5) is 37.2. The number of carboxylic acid groups (broad SMARTS) is 1. The Balaban J connectivity index is 4.15. The van der Waals surface area contributed by atoms with Crippen molar-refractivity contribution in [1.29, 1.82) is 0 Å². The molecule has 0 radical (unpaired) electrons. The van der Waals surface area contributed by atoms with E-state index in [0.717, 1.165) is 38.5 Å². The van der Waals surface area contributed by atoms with Gasteiger partial charge in [-0.3, -0.25) is 9.59 Å². The fourth-order valence-electron chi connectivity index (χ4n) is 8.80. The van der Waals surface area contributed by atoms with Gasteiger partial charge in [0.05, 0.1) is 34.4 Å². The van der Waals surface area contributed by atoms with Crippen LogP contribution in [0.1, 0.15) is 284 Å². The third kappa shape index (κ3) is 46.9. The van der Waals surface area contributed by atoms with Crippen molar-refractivity contribution < 1.29 is 38.2 Å². The number of carbonyl (C=O) groups is 3. The summed E-state index contributed by atoms with van der Waals surface area (Å²) in [6.45, 7) is 4.80. The number of nitrogens with zero attached hydrogens (tertiary/aromatic N) is 1. The number of carbonyl (C=O) groups excluding carboxylic acids is 2. The van der Waals surface area contributed by atoms with E-state index < -0.39 is 18.1 Å². The first-order valence-electron chi connectivity index (χ1n) is 28.2. The van der Waals surface area contributed by atoms with Gasteiger partial charge in [0.1, 0.15) is 6.61 Å². The third-order valence-corrected chi connectivity index (χ3v) is 13.2. The van der Waals surface area contributed by atoms with Gasteiger partial charge in [0.25, 0.3) is 0 Å². The molecule has 2 atom stereocenters. The number of hydrogen-bond donors (Lipinski definition) is 1. The second-order valence-electron chi connectivity index (χ2n) is 20.6. The normalized spacial score (nSPS) is 12.8. The topological polar surface area (TPSA) is 99.1 Å². The summed E-state index contributed by atoms with van der Waals surface area (Å²) >= 11 is 0. The molecule has 0 spiro atoms. The van der Waals surface area contributed by atoms with Gasteiger partial charge in [-0.15, -0.1) is 0 Å². The van der Waals surface area contributed by atoms with Gasteiger partial charge in [-0.25, -0.2) is 4.79 Å². The van der Waals surface area contributed by atoms with Gasteiger partial charge in [0.15, 0.2) is 12.1 Å². The van der Waals surface area contributed by atoms with Crippen LogP contribution >= 0.6 is 0 Å². The van der Waals surface area contributed by atoms with E-state index in [1.807, 2.05) is 21.1 Å². The van der Waals surface area contributed by atoms with Gasteiger partial charge in [0.2, 0.25) is 0 Å². The van der Waals surface area contributed by atoms with Crippen LogP contribution in [0.25, 0.3) is 0 Å². The number of allylic oxidation sites excluding steroid dienone is 2. The highest BCUT2D eigenvalue weighted by Crippen LogP contribution is 2.17. The van der Waals surface area contributed by atoms with Crippen LogP contribution in [0.4, 0.5) is 0 Å². The molecule has 0 fully saturated rings. The highest BCUT2D eigenvalue weighted by molar-refractivity contribution is 5.72. The minimum absolute atomic E-state index is 0.0457. The molecule has 8 heteroatoms. The van der Waals surface area contributed by atoms with Gasteiger partial charge in [-0.2, -0.15) is 0 Å². The Kier molecular flexibility index (Phi) is 47.1. The first kappa shape index (κ1) is 63.1. The van der Waals surface area contributed by atoms with Crippen molar-refractivity contribution >= 4 is 17.9 Å². The fraction of sp³-hybridized carbons (Fsp3) is 0.912. The van der Waals surface area contributed by atoms with Crippen LogP contribution in [-0.2, 0) is 28.6 Å². The van der Waals surface area contributed by atoms with Crippen molar-refractivity contribution in [3.8, 4) is 0 Å². The van der Waals surface area contributed by atoms with Crippen LogP contribution in [0, 0.1) is 0 Å². The monoisotopic (exact) mass is 921 g/mol. The maximum absolute atomic E-state index is 12.8. The molecule has 8 nitrogen and oxygen atoms in total. The summed E-state index contributed by atoms with van der Waals surface area (Å²) < 4.78 is 17.4. The van der Waals surface area contributed by atoms with Crippen molar-refractivity contribution in [1.82, 2.24) is 0 Å². The summed E-state index contributed by atoms with van der Waals surface area (Å²) in [5.41, 5.74) is 0. The Morgan fingerprint density at radius 1 is 0.446 bits per heavy atom. The second kappa shape index (κ2) is 48.5. The molecule has 1 N–H and O–H groups in total. The first-order valence-corrected chi connectivity index (χ1v) is 28.2. The van der Waals surface area contributed by atoms with E-state index >= 15 is 0 Å². The number of esters is 2. The number of quaternary nitrogens is 1. The number of hydrogen-bond acceptors (Lipinski definition) is 6. The maximum atomic E-state index is 12.8. The summed E-state index contributed by atoms with van der Waals surface area (Å²) in [5, 5.41) is 9.67. The van der Waals surface area contributed by atoms with E-state index in [9.17, 15) is 19.5 Å². The van der Waals surface area contributed by atoms with Gasteiger partial charge in [0, 0.05) is 19.3 Å². The van der Waals surface area contributed by atoms with Crippen molar-refractivity contribution in [3.05, 3.63) is 12.2 Å². The molecule has 0 rings (SSSR count). The molecule has 2 unspecified atom stereocenters. The van der Waals surface area contributed by atoms with E-state index in [-0.39, 0.29) is 36.2 Å². The SMILES string of the molecule is CCCCCCCCCCC/C=C/CCCCCCCCCC(=O)OC(COCCC(C(=O)O)[N+](C)(C)C)COC(=O)CCCCCCCCCCCCCCCCCCCCCCC. The molecule has 0 aromatic rings. The zero-order valence-corrected chi connectivity index (χ0v) is 44.0. The summed E-state index contributed by atoms with van der Waals surface area (Å²) in [6, 6.07) is -0.612. The zero-order chi connectivity index (χ0) is 47.7.